The summed E-state index contributed by atoms with van der Waals surface area (Å²) in [5.74, 6) is 0.594. The van der Waals surface area contributed by atoms with Crippen LogP contribution < -0.4 is 0 Å². The molecule has 3 aromatic rings. The lowest BCUT2D eigenvalue weighted by Gasteiger charge is -2.19. The summed E-state index contributed by atoms with van der Waals surface area (Å²) in [6, 6.07) is 6.24. The molecule has 0 unspecified atom stereocenters. The number of imidazole rings is 1. The number of alkyl halides is 3. The number of benzene rings is 1. The number of nitrogens with zero attached hydrogens (tertiary/aromatic N) is 3. The molecule has 8 heteroatoms. The minimum atomic E-state index is -4.43. The average molecular weight is 390 g/mol. The molecule has 0 radical (unpaired) electrons. The molecule has 1 aromatic carbocycles. The van der Waals surface area contributed by atoms with E-state index in [2.05, 4.69) is 9.97 Å². The minimum absolute atomic E-state index is 0.0555. The van der Waals surface area contributed by atoms with Crippen LogP contribution in [0.5, 0.6) is 0 Å². The summed E-state index contributed by atoms with van der Waals surface area (Å²) in [7, 11) is 0. The van der Waals surface area contributed by atoms with E-state index in [-0.39, 0.29) is 24.6 Å². The predicted molar refractivity (Wildman–Crippen MR) is 99.5 cm³/mol. The van der Waals surface area contributed by atoms with Crippen molar-refractivity contribution in [3.63, 3.8) is 0 Å². The molecule has 28 heavy (non-hydrogen) atoms. The lowest BCUT2D eigenvalue weighted by atomic mass is 10.0. The van der Waals surface area contributed by atoms with Gasteiger partial charge >= 0.3 is 6.18 Å². The van der Waals surface area contributed by atoms with Crippen LogP contribution in [-0.2, 0) is 24.1 Å². The average Bonchev–Trinajstić information content (AvgIpc) is 3.36. The number of likely N-dealkylation sites (tertiary alicyclic amines) is 1. The molecule has 1 amide bonds. The van der Waals surface area contributed by atoms with E-state index in [0.717, 1.165) is 12.5 Å². The van der Waals surface area contributed by atoms with Gasteiger partial charge in [0.25, 0.3) is 0 Å². The number of fused-ring (bicyclic) bond motifs is 1. The molecule has 1 aliphatic heterocycles. The Balaban J connectivity index is 1.93. The van der Waals surface area contributed by atoms with Crippen molar-refractivity contribution >= 4 is 16.9 Å². The molecular weight excluding hydrogens is 369 g/mol. The van der Waals surface area contributed by atoms with Gasteiger partial charge in [-0.05, 0) is 42.7 Å². The van der Waals surface area contributed by atoms with Crippen LogP contribution in [0.2, 0.25) is 0 Å². The summed E-state index contributed by atoms with van der Waals surface area (Å²) in [4.78, 5) is 21.5. The smallest absolute Gasteiger partial charge is 0.359 e. The fourth-order valence-electron chi connectivity index (χ4n) is 3.86. The largest absolute Gasteiger partial charge is 0.416 e. The van der Waals surface area contributed by atoms with Crippen LogP contribution in [0, 0.1) is 0 Å². The molecule has 3 heterocycles. The van der Waals surface area contributed by atoms with E-state index in [1.165, 1.54) is 6.07 Å². The summed E-state index contributed by atoms with van der Waals surface area (Å²) >= 11 is 0. The predicted octanol–water partition coefficient (Wildman–Crippen LogP) is 4.58. The van der Waals surface area contributed by atoms with Crippen LogP contribution in [-0.4, -0.2) is 31.9 Å². The van der Waals surface area contributed by atoms with Crippen LogP contribution in [0.25, 0.3) is 22.6 Å². The number of amides is 1. The quantitative estimate of drug-likeness (QED) is 0.693. The first-order chi connectivity index (χ1) is 13.4. The van der Waals surface area contributed by atoms with Crippen LogP contribution in [0.4, 0.5) is 13.2 Å². The Bertz CT molecular complexity index is 1000. The standard InChI is InChI=1S/C20H21F3N4O/c1-2-5-13-14(20(21,22)23)8-9-16-18(13)25-19(15-6-3-10-24-15)27(16)12-26-11-4-7-17(26)28/h3,6,8-10,24H,2,4-5,7,11-12H2,1H3. The second-order valence-electron chi connectivity index (χ2n) is 7.06. The number of hydrogen-bond acceptors (Lipinski definition) is 2. The molecule has 1 N–H and O–H groups in total. The molecule has 0 bridgehead atoms. The van der Waals surface area contributed by atoms with Crippen LogP contribution in [0.15, 0.2) is 30.5 Å². The lowest BCUT2D eigenvalue weighted by molar-refractivity contribution is -0.138. The molecule has 2 aromatic heterocycles. The lowest BCUT2D eigenvalue weighted by Crippen LogP contribution is -2.27. The fourth-order valence-corrected chi connectivity index (χ4v) is 3.86. The third-order valence-electron chi connectivity index (χ3n) is 5.15. The van der Waals surface area contributed by atoms with Crippen LogP contribution >= 0.6 is 0 Å². The van der Waals surface area contributed by atoms with Gasteiger partial charge in [-0.15, -0.1) is 0 Å². The first-order valence-electron chi connectivity index (χ1n) is 9.41. The zero-order valence-corrected chi connectivity index (χ0v) is 15.5. The van der Waals surface area contributed by atoms with Gasteiger partial charge in [0.05, 0.1) is 29.0 Å². The van der Waals surface area contributed by atoms with Crippen molar-refractivity contribution in [1.29, 1.82) is 0 Å². The number of carbonyl (C=O) groups excluding carboxylic acids is 1. The van der Waals surface area contributed by atoms with Crippen LogP contribution in [0.3, 0.4) is 0 Å². The molecule has 1 fully saturated rings. The zero-order chi connectivity index (χ0) is 19.9. The van der Waals surface area contributed by atoms with E-state index in [1.54, 1.807) is 11.1 Å². The van der Waals surface area contributed by atoms with Crippen molar-refractivity contribution < 1.29 is 18.0 Å². The van der Waals surface area contributed by atoms with E-state index < -0.39 is 11.7 Å². The highest BCUT2D eigenvalue weighted by molar-refractivity contribution is 5.85. The second kappa shape index (κ2) is 7.00. The molecule has 0 spiro atoms. The Morgan fingerprint density at radius 2 is 2.07 bits per heavy atom. The molecule has 148 valence electrons. The van der Waals surface area contributed by atoms with E-state index in [0.29, 0.717) is 41.9 Å². The van der Waals surface area contributed by atoms with Gasteiger partial charge in [-0.2, -0.15) is 13.2 Å². The molecule has 0 atom stereocenters. The molecular formula is C20H21F3N4O. The maximum atomic E-state index is 13.6. The molecule has 1 aliphatic rings. The Labute approximate surface area is 160 Å². The van der Waals surface area contributed by atoms with Gasteiger partial charge in [0, 0.05) is 19.2 Å². The van der Waals surface area contributed by atoms with E-state index >= 15 is 0 Å². The number of aromatic nitrogens is 3. The van der Waals surface area contributed by atoms with Crippen molar-refractivity contribution in [3.8, 4) is 11.5 Å². The number of hydrogen-bond donors (Lipinski definition) is 1. The van der Waals surface area contributed by atoms with E-state index in [1.807, 2.05) is 23.6 Å². The highest BCUT2D eigenvalue weighted by Gasteiger charge is 2.35. The normalized spacial score (nSPS) is 15.1. The Morgan fingerprint density at radius 1 is 1.25 bits per heavy atom. The van der Waals surface area contributed by atoms with Gasteiger partial charge in [0.1, 0.15) is 0 Å². The second-order valence-corrected chi connectivity index (χ2v) is 7.06. The number of nitrogens with one attached hydrogen (secondary N) is 1. The van der Waals surface area contributed by atoms with Gasteiger partial charge in [0.15, 0.2) is 5.82 Å². The fraction of sp³-hybridized carbons (Fsp3) is 0.400. The number of aromatic amines is 1. The maximum Gasteiger partial charge on any atom is 0.416 e. The topological polar surface area (TPSA) is 53.9 Å². The van der Waals surface area contributed by atoms with Gasteiger partial charge in [-0.1, -0.05) is 13.3 Å². The summed E-state index contributed by atoms with van der Waals surface area (Å²) in [5.41, 5.74) is 1.25. The molecule has 0 saturated carbocycles. The van der Waals surface area contributed by atoms with Crippen LogP contribution in [0.1, 0.15) is 37.3 Å². The summed E-state index contributed by atoms with van der Waals surface area (Å²) in [5, 5.41) is 0. The number of halogens is 3. The highest BCUT2D eigenvalue weighted by Crippen LogP contribution is 2.37. The summed E-state index contributed by atoms with van der Waals surface area (Å²) in [6.45, 7) is 2.77. The minimum Gasteiger partial charge on any atom is -0.359 e. The van der Waals surface area contributed by atoms with E-state index in [4.69, 9.17) is 0 Å². The van der Waals surface area contributed by atoms with Crippen molar-refractivity contribution in [2.45, 2.75) is 45.5 Å². The van der Waals surface area contributed by atoms with Crippen molar-refractivity contribution in [1.82, 2.24) is 19.4 Å². The number of H-pyrrole nitrogens is 1. The Hall–Kier alpha value is -2.77. The van der Waals surface area contributed by atoms with Gasteiger partial charge < -0.3 is 14.5 Å². The number of carbonyl (C=O) groups is 1. The number of aryl methyl sites for hydroxylation is 1. The van der Waals surface area contributed by atoms with Crippen molar-refractivity contribution in [3.05, 3.63) is 41.6 Å². The highest BCUT2D eigenvalue weighted by atomic mass is 19.4. The summed E-state index contributed by atoms with van der Waals surface area (Å²) in [6.07, 6.45) is -0.520. The molecule has 4 rings (SSSR count). The monoisotopic (exact) mass is 390 g/mol. The summed E-state index contributed by atoms with van der Waals surface area (Å²) < 4.78 is 42.5. The third-order valence-corrected chi connectivity index (χ3v) is 5.15. The van der Waals surface area contributed by atoms with E-state index in [9.17, 15) is 18.0 Å². The van der Waals surface area contributed by atoms with Crippen molar-refractivity contribution in [2.24, 2.45) is 0 Å². The SMILES string of the molecule is CCCc1c(C(F)(F)F)ccc2c1nc(-c1ccc[nH]1)n2CN1CCCC1=O. The third kappa shape index (κ3) is 3.16. The number of rotatable bonds is 5. The first kappa shape index (κ1) is 18.6. The van der Waals surface area contributed by atoms with Gasteiger partial charge in [-0.25, -0.2) is 4.98 Å². The molecule has 5 nitrogen and oxygen atoms in total. The van der Waals surface area contributed by atoms with Gasteiger partial charge in [-0.3, -0.25) is 4.79 Å². The maximum absolute atomic E-state index is 13.6. The first-order valence-corrected chi connectivity index (χ1v) is 9.41. The van der Waals surface area contributed by atoms with Gasteiger partial charge in [0.2, 0.25) is 5.91 Å². The Kier molecular flexibility index (Phi) is 4.64. The molecule has 1 saturated heterocycles. The molecule has 0 aliphatic carbocycles. The Morgan fingerprint density at radius 3 is 2.68 bits per heavy atom. The van der Waals surface area contributed by atoms with Crippen molar-refractivity contribution in [2.75, 3.05) is 6.54 Å². The zero-order valence-electron chi connectivity index (χ0n) is 15.5.